The van der Waals surface area contributed by atoms with Crippen LogP contribution in [0, 0.1) is 5.92 Å². The molecule has 0 spiro atoms. The standard InChI is InChI=1S/C19H22ClF3N2O3/c1-5-25-17(15(20)16(24-25)18(26)28-6-2)13-8-7-12(10-14(13)27-4)9-11(3)19(21,22)23/h7-8,10-11H,5-6,9H2,1-4H3/t11-/m0/s1. The van der Waals surface area contributed by atoms with Crippen LogP contribution in [0.3, 0.4) is 0 Å². The number of benzene rings is 1. The molecule has 1 aromatic carbocycles. The average molecular weight is 419 g/mol. The number of nitrogens with zero attached hydrogens (tertiary/aromatic N) is 2. The van der Waals surface area contributed by atoms with Crippen molar-refractivity contribution in [2.24, 2.45) is 5.92 Å². The molecule has 154 valence electrons. The number of alkyl halides is 3. The van der Waals surface area contributed by atoms with Gasteiger partial charge in [-0.05, 0) is 38.0 Å². The summed E-state index contributed by atoms with van der Waals surface area (Å²) in [7, 11) is 1.42. The molecule has 0 aliphatic rings. The van der Waals surface area contributed by atoms with E-state index in [9.17, 15) is 18.0 Å². The van der Waals surface area contributed by atoms with Crippen molar-refractivity contribution in [2.75, 3.05) is 13.7 Å². The fourth-order valence-corrected chi connectivity index (χ4v) is 3.10. The predicted octanol–water partition coefficient (Wildman–Crippen LogP) is 5.15. The lowest BCUT2D eigenvalue weighted by atomic mass is 9.98. The van der Waals surface area contributed by atoms with E-state index in [0.717, 1.165) is 6.92 Å². The van der Waals surface area contributed by atoms with Gasteiger partial charge in [-0.2, -0.15) is 18.3 Å². The second-order valence-electron chi connectivity index (χ2n) is 6.23. The molecule has 0 radical (unpaired) electrons. The summed E-state index contributed by atoms with van der Waals surface area (Å²) in [4.78, 5) is 12.1. The van der Waals surface area contributed by atoms with Crippen molar-refractivity contribution in [2.45, 2.75) is 39.9 Å². The largest absolute Gasteiger partial charge is 0.496 e. The minimum absolute atomic E-state index is 0.0165. The van der Waals surface area contributed by atoms with Crippen molar-refractivity contribution in [1.29, 1.82) is 0 Å². The number of aryl methyl sites for hydroxylation is 1. The van der Waals surface area contributed by atoms with Crippen LogP contribution in [-0.4, -0.2) is 35.6 Å². The summed E-state index contributed by atoms with van der Waals surface area (Å²) >= 11 is 6.40. The van der Waals surface area contributed by atoms with Crippen LogP contribution in [0.2, 0.25) is 5.02 Å². The number of rotatable bonds is 7. The molecule has 0 N–H and O–H groups in total. The fourth-order valence-electron chi connectivity index (χ4n) is 2.78. The summed E-state index contributed by atoms with van der Waals surface area (Å²) in [5, 5.41) is 4.31. The summed E-state index contributed by atoms with van der Waals surface area (Å²) in [5.41, 5.74) is 1.44. The van der Waals surface area contributed by atoms with Crippen LogP contribution in [0.25, 0.3) is 11.3 Å². The molecular weight excluding hydrogens is 397 g/mol. The van der Waals surface area contributed by atoms with Crippen LogP contribution in [-0.2, 0) is 17.7 Å². The first-order valence-electron chi connectivity index (χ1n) is 8.81. The number of esters is 1. The summed E-state index contributed by atoms with van der Waals surface area (Å²) < 4.78 is 50.4. The third kappa shape index (κ3) is 4.60. The van der Waals surface area contributed by atoms with Gasteiger partial charge in [0.05, 0.1) is 25.3 Å². The number of halogens is 4. The first-order chi connectivity index (χ1) is 13.1. The number of ether oxygens (including phenoxy) is 2. The van der Waals surface area contributed by atoms with Gasteiger partial charge in [0.1, 0.15) is 10.8 Å². The lowest BCUT2D eigenvalue weighted by Gasteiger charge is -2.17. The van der Waals surface area contributed by atoms with E-state index in [1.54, 1.807) is 25.1 Å². The number of carbonyl (C=O) groups is 1. The first kappa shape index (κ1) is 22.1. The molecule has 0 fully saturated rings. The molecule has 2 aromatic rings. The number of hydrogen-bond donors (Lipinski definition) is 0. The topological polar surface area (TPSA) is 53.3 Å². The van der Waals surface area contributed by atoms with E-state index in [2.05, 4.69) is 5.10 Å². The fraction of sp³-hybridized carbons (Fsp3) is 0.474. The third-order valence-corrected chi connectivity index (χ3v) is 4.64. The van der Waals surface area contributed by atoms with E-state index >= 15 is 0 Å². The Morgan fingerprint density at radius 2 is 2.00 bits per heavy atom. The molecule has 9 heteroatoms. The highest BCUT2D eigenvalue weighted by Gasteiger charge is 2.36. The third-order valence-electron chi connectivity index (χ3n) is 4.28. The van der Waals surface area contributed by atoms with E-state index < -0.39 is 18.1 Å². The van der Waals surface area contributed by atoms with E-state index in [0.29, 0.717) is 29.1 Å². The van der Waals surface area contributed by atoms with Gasteiger partial charge in [0, 0.05) is 12.1 Å². The van der Waals surface area contributed by atoms with Gasteiger partial charge in [0.2, 0.25) is 0 Å². The predicted molar refractivity (Wildman–Crippen MR) is 99.8 cm³/mol. The molecule has 0 amide bonds. The molecule has 1 heterocycles. The molecule has 2 rings (SSSR count). The van der Waals surface area contributed by atoms with Gasteiger partial charge in [0.25, 0.3) is 0 Å². The number of aromatic nitrogens is 2. The van der Waals surface area contributed by atoms with Gasteiger partial charge >= 0.3 is 12.1 Å². The molecule has 0 bridgehead atoms. The maximum atomic E-state index is 12.9. The average Bonchev–Trinajstić information content (AvgIpc) is 2.97. The normalized spacial score (nSPS) is 12.7. The smallest absolute Gasteiger partial charge is 0.391 e. The van der Waals surface area contributed by atoms with Crippen molar-refractivity contribution in [3.05, 3.63) is 34.5 Å². The molecule has 0 unspecified atom stereocenters. The maximum Gasteiger partial charge on any atom is 0.391 e. The summed E-state index contributed by atoms with van der Waals surface area (Å²) in [6, 6.07) is 4.76. The summed E-state index contributed by atoms with van der Waals surface area (Å²) in [6.07, 6.45) is -4.44. The molecule has 0 saturated heterocycles. The second kappa shape index (κ2) is 8.86. The molecule has 0 saturated carbocycles. The SMILES string of the molecule is CCOC(=O)c1nn(CC)c(-c2ccc(C[C@H](C)C(F)(F)F)cc2OC)c1Cl. The Bertz CT molecular complexity index is 850. The lowest BCUT2D eigenvalue weighted by Crippen LogP contribution is -2.21. The van der Waals surface area contributed by atoms with E-state index in [4.69, 9.17) is 21.1 Å². The number of carbonyl (C=O) groups excluding carboxylic acids is 1. The Labute approximate surface area is 166 Å². The van der Waals surface area contributed by atoms with E-state index in [-0.39, 0.29) is 23.7 Å². The van der Waals surface area contributed by atoms with Crippen LogP contribution in [0.4, 0.5) is 13.2 Å². The number of methoxy groups -OCH3 is 1. The van der Waals surface area contributed by atoms with Crippen molar-refractivity contribution in [1.82, 2.24) is 9.78 Å². The lowest BCUT2D eigenvalue weighted by molar-refractivity contribution is -0.169. The van der Waals surface area contributed by atoms with E-state index in [1.165, 1.54) is 11.8 Å². The van der Waals surface area contributed by atoms with E-state index in [1.807, 2.05) is 6.92 Å². The quantitative estimate of drug-likeness (QED) is 0.583. The highest BCUT2D eigenvalue weighted by Crippen LogP contribution is 2.38. The molecule has 0 aliphatic carbocycles. The Hall–Kier alpha value is -2.22. The van der Waals surface area contributed by atoms with Gasteiger partial charge in [0.15, 0.2) is 5.69 Å². The monoisotopic (exact) mass is 418 g/mol. The van der Waals surface area contributed by atoms with Crippen molar-refractivity contribution < 1.29 is 27.4 Å². The zero-order chi connectivity index (χ0) is 21.1. The molecule has 5 nitrogen and oxygen atoms in total. The molecular formula is C19H22ClF3N2O3. The Balaban J connectivity index is 2.49. The summed E-state index contributed by atoms with van der Waals surface area (Å²) in [5.74, 6) is -1.78. The molecule has 1 aromatic heterocycles. The van der Waals surface area contributed by atoms with Gasteiger partial charge < -0.3 is 9.47 Å². The van der Waals surface area contributed by atoms with Gasteiger partial charge in [-0.25, -0.2) is 4.79 Å². The highest BCUT2D eigenvalue weighted by atomic mass is 35.5. The first-order valence-corrected chi connectivity index (χ1v) is 9.19. The van der Waals surface area contributed by atoms with Crippen LogP contribution >= 0.6 is 11.6 Å². The molecule has 1 atom stereocenters. The second-order valence-corrected chi connectivity index (χ2v) is 6.61. The summed E-state index contributed by atoms with van der Waals surface area (Å²) in [6.45, 7) is 5.24. The van der Waals surface area contributed by atoms with Crippen molar-refractivity contribution >= 4 is 17.6 Å². The Morgan fingerprint density at radius 1 is 1.32 bits per heavy atom. The van der Waals surface area contributed by atoms with Crippen LogP contribution in [0.5, 0.6) is 5.75 Å². The van der Waals surface area contributed by atoms with Crippen molar-refractivity contribution in [3.63, 3.8) is 0 Å². The van der Waals surface area contributed by atoms with Gasteiger partial charge in [-0.1, -0.05) is 24.6 Å². The minimum Gasteiger partial charge on any atom is -0.496 e. The van der Waals surface area contributed by atoms with Crippen LogP contribution in [0.15, 0.2) is 18.2 Å². The van der Waals surface area contributed by atoms with Gasteiger partial charge in [-0.15, -0.1) is 0 Å². The Kier molecular flexibility index (Phi) is 6.98. The zero-order valence-corrected chi connectivity index (χ0v) is 16.8. The van der Waals surface area contributed by atoms with Crippen molar-refractivity contribution in [3.8, 4) is 17.0 Å². The highest BCUT2D eigenvalue weighted by molar-refractivity contribution is 6.36. The maximum absolute atomic E-state index is 12.9. The molecule has 28 heavy (non-hydrogen) atoms. The number of hydrogen-bond acceptors (Lipinski definition) is 4. The van der Waals surface area contributed by atoms with Crippen LogP contribution < -0.4 is 4.74 Å². The zero-order valence-electron chi connectivity index (χ0n) is 16.1. The molecule has 0 aliphatic heterocycles. The van der Waals surface area contributed by atoms with Gasteiger partial charge in [-0.3, -0.25) is 4.68 Å². The minimum atomic E-state index is -4.27. The Morgan fingerprint density at radius 3 is 2.54 bits per heavy atom. The van der Waals surface area contributed by atoms with Crippen LogP contribution in [0.1, 0.15) is 36.8 Å².